The molecular formula is C59H69FN8O10S. The number of anilines is 2. The van der Waals surface area contributed by atoms with E-state index in [-0.39, 0.29) is 40.2 Å². The zero-order valence-electron chi connectivity index (χ0n) is 45.1. The van der Waals surface area contributed by atoms with E-state index in [1.54, 1.807) is 32.4 Å². The van der Waals surface area contributed by atoms with Gasteiger partial charge in [-0.05, 0) is 123 Å². The number of nitrogens with one attached hydrogen (secondary N) is 3. The van der Waals surface area contributed by atoms with Crippen molar-refractivity contribution in [2.75, 3.05) is 69.8 Å². The van der Waals surface area contributed by atoms with Crippen molar-refractivity contribution in [3.63, 3.8) is 0 Å². The van der Waals surface area contributed by atoms with Crippen LogP contribution in [0.25, 0.3) is 11.0 Å². The van der Waals surface area contributed by atoms with Crippen molar-refractivity contribution in [1.29, 1.82) is 0 Å². The molecule has 5 aliphatic rings. The van der Waals surface area contributed by atoms with E-state index in [0.29, 0.717) is 74.8 Å². The summed E-state index contributed by atoms with van der Waals surface area (Å²) in [6, 6.07) is 22.7. The highest BCUT2D eigenvalue weighted by Gasteiger charge is 2.50. The van der Waals surface area contributed by atoms with Crippen molar-refractivity contribution in [1.82, 2.24) is 24.5 Å². The minimum absolute atomic E-state index is 0.0728. The number of carbonyl (C=O) groups is 1. The molecule has 4 N–H and O–H groups in total. The van der Waals surface area contributed by atoms with Gasteiger partial charge in [-0.1, -0.05) is 44.2 Å². The molecule has 1 amide bonds. The molecule has 4 fully saturated rings. The number of aromatic nitrogens is 2. The second kappa shape index (κ2) is 21.9. The predicted molar refractivity (Wildman–Crippen MR) is 298 cm³/mol. The van der Waals surface area contributed by atoms with E-state index in [0.717, 1.165) is 93.5 Å². The van der Waals surface area contributed by atoms with Gasteiger partial charge in [0, 0.05) is 87.2 Å². The first-order valence-corrected chi connectivity index (χ1v) is 29.0. The van der Waals surface area contributed by atoms with Gasteiger partial charge in [0.05, 0.1) is 40.0 Å². The number of benzene rings is 4. The number of nitrogens with zero attached hydrogens (tertiary/aromatic N) is 5. The van der Waals surface area contributed by atoms with E-state index < -0.39 is 48.4 Å². The molecule has 0 unspecified atom stereocenters. The third-order valence-electron chi connectivity index (χ3n) is 17.2. The number of hydrogen-bond acceptors (Lipinski definition) is 15. The Kier molecular flexibility index (Phi) is 15.0. The zero-order chi connectivity index (χ0) is 55.2. The summed E-state index contributed by atoms with van der Waals surface area (Å²) in [5.41, 5.74) is 3.16. The number of piperazine rings is 1. The van der Waals surface area contributed by atoms with Crippen LogP contribution in [0.3, 0.4) is 0 Å². The highest BCUT2D eigenvalue weighted by atomic mass is 32.2. The molecule has 3 aliphatic heterocycles. The number of fused-ring (bicyclic) bond motifs is 2. The van der Waals surface area contributed by atoms with E-state index in [9.17, 15) is 28.4 Å². The Morgan fingerprint density at radius 2 is 1.72 bits per heavy atom. The molecule has 6 aromatic rings. The average molecular weight is 1100 g/mol. The van der Waals surface area contributed by atoms with Crippen molar-refractivity contribution >= 4 is 44.0 Å². The first kappa shape index (κ1) is 54.0. The number of methoxy groups -OCH3 is 1. The van der Waals surface area contributed by atoms with Gasteiger partial charge in [-0.15, -0.1) is 0 Å². The second-order valence-corrected chi connectivity index (χ2v) is 24.5. The minimum atomic E-state index is -4.74. The number of amides is 1. The molecule has 4 aromatic carbocycles. The monoisotopic (exact) mass is 1100 g/mol. The lowest BCUT2D eigenvalue weighted by Crippen LogP contribution is -2.60. The third kappa shape index (κ3) is 11.3. The maximum absolute atomic E-state index is 16.7. The molecule has 1 atom stereocenters. The molecule has 2 saturated carbocycles. The first-order valence-electron chi connectivity index (χ1n) is 27.5. The molecule has 2 saturated heterocycles. The van der Waals surface area contributed by atoms with E-state index in [1.807, 2.05) is 15.7 Å². The van der Waals surface area contributed by atoms with Gasteiger partial charge in [0.25, 0.3) is 21.6 Å². The van der Waals surface area contributed by atoms with Gasteiger partial charge < -0.3 is 39.3 Å². The van der Waals surface area contributed by atoms with Crippen LogP contribution >= 0.6 is 0 Å². The maximum Gasteiger partial charge on any atom is 0.293 e. The summed E-state index contributed by atoms with van der Waals surface area (Å²) in [5.74, 6) is 0.815. The standard InChI is InChI=1S/C59H69FN8O10S/c1-37(2)44-7-5-6-8-45(44)51-36-65(35-40-9-12-52(75-4)55-54(40)76-25-26-77-55)23-24-67(51)41-31-59(32-41)18-21-66(22-19-59)49-30-53(78-42-27-39-15-20-61-56(39)63-34-42)46(29-47(49)60)57(69)64-79(73,74)43-10-11-48(50(28-43)68(71)72)62-33-38-13-16-58(3,70)17-14-38/h5-12,15,20,27-30,34,37-38,41,51,62,70H,13-14,16-19,21-26,31-33,35-36H2,1-4H3,(H,61,63)(H,64,69)/t38-,51-,58-/m0/s1. The number of halogens is 1. The van der Waals surface area contributed by atoms with Gasteiger partial charge in [0.1, 0.15) is 41.9 Å². The summed E-state index contributed by atoms with van der Waals surface area (Å²) < 4.78 is 70.5. The fraction of sp³-hybridized carbons (Fsp3) is 0.458. The van der Waals surface area contributed by atoms with Crippen LogP contribution in [0.1, 0.15) is 111 Å². The summed E-state index contributed by atoms with van der Waals surface area (Å²) in [7, 11) is -3.09. The Balaban J connectivity index is 0.793. The highest BCUT2D eigenvalue weighted by Crippen LogP contribution is 2.54. The smallest absolute Gasteiger partial charge is 0.293 e. The largest absolute Gasteiger partial charge is 0.493 e. The molecule has 20 heteroatoms. The summed E-state index contributed by atoms with van der Waals surface area (Å²) in [6.07, 6.45) is 9.54. The van der Waals surface area contributed by atoms with E-state index in [1.165, 1.54) is 35.5 Å². The Morgan fingerprint density at radius 1 is 0.962 bits per heavy atom. The molecule has 0 radical (unpaired) electrons. The Morgan fingerprint density at radius 3 is 2.47 bits per heavy atom. The van der Waals surface area contributed by atoms with E-state index in [2.05, 4.69) is 69.3 Å². The number of carbonyl (C=O) groups excluding carboxylic acids is 1. The number of pyridine rings is 1. The quantitative estimate of drug-likeness (QED) is 0.0524. The van der Waals surface area contributed by atoms with Crippen molar-refractivity contribution in [2.24, 2.45) is 11.3 Å². The minimum Gasteiger partial charge on any atom is -0.493 e. The van der Waals surface area contributed by atoms with Crippen LogP contribution in [0.4, 0.5) is 21.5 Å². The molecular weight excluding hydrogens is 1030 g/mol. The Hall–Kier alpha value is -7.00. The van der Waals surface area contributed by atoms with Crippen LogP contribution in [0.15, 0.2) is 96.2 Å². The summed E-state index contributed by atoms with van der Waals surface area (Å²) >= 11 is 0. The van der Waals surface area contributed by atoms with Gasteiger partial charge in [-0.3, -0.25) is 24.7 Å². The normalized spacial score (nSPS) is 21.7. The second-order valence-electron chi connectivity index (χ2n) is 22.8. The van der Waals surface area contributed by atoms with Crippen molar-refractivity contribution in [3.05, 3.63) is 129 Å². The number of ether oxygens (including phenoxy) is 4. The van der Waals surface area contributed by atoms with Crippen molar-refractivity contribution in [3.8, 4) is 28.7 Å². The number of sulfonamides is 1. The van der Waals surface area contributed by atoms with E-state index >= 15 is 4.39 Å². The Labute approximate surface area is 459 Å². The SMILES string of the molecule is COc1ccc(CN2CCN(C3CC4(CCN(c5cc(Oc6cnc7[nH]ccc7c6)c(C(=O)NS(=O)(=O)c6ccc(NC[C@H]7CC[C@](C)(O)CC7)c([N+](=O)[O-])c6)cc5F)CC4)C3)[C@H](c3ccccc3C(C)C)C2)c2c1OCCO2. The number of nitro benzene ring substituents is 1. The lowest BCUT2D eigenvalue weighted by atomic mass is 9.59. The highest BCUT2D eigenvalue weighted by molar-refractivity contribution is 7.90. The number of aromatic amines is 1. The number of H-pyrrole nitrogens is 1. The summed E-state index contributed by atoms with van der Waals surface area (Å²) in [5, 5.41) is 26.4. The van der Waals surface area contributed by atoms with Crippen molar-refractivity contribution < 1.29 is 46.6 Å². The number of nitro groups is 1. The van der Waals surface area contributed by atoms with Gasteiger partial charge in [-0.25, -0.2) is 22.5 Å². The molecule has 1 spiro atoms. The Bertz CT molecular complexity index is 3360. The molecule has 2 aromatic heterocycles. The lowest BCUT2D eigenvalue weighted by Gasteiger charge is -2.58. The van der Waals surface area contributed by atoms with Crippen molar-refractivity contribution in [2.45, 2.75) is 107 Å². The van der Waals surface area contributed by atoms with Crippen LogP contribution in [-0.2, 0) is 16.6 Å². The molecule has 79 heavy (non-hydrogen) atoms. The van der Waals surface area contributed by atoms with E-state index in [4.69, 9.17) is 18.9 Å². The van der Waals surface area contributed by atoms with Crippen LogP contribution in [0.2, 0.25) is 0 Å². The molecule has 0 bridgehead atoms. The van der Waals surface area contributed by atoms with Gasteiger partial charge in [0.2, 0.25) is 5.75 Å². The van der Waals surface area contributed by atoms with Gasteiger partial charge in [-0.2, -0.15) is 0 Å². The zero-order valence-corrected chi connectivity index (χ0v) is 46.0. The molecule has 418 valence electrons. The maximum atomic E-state index is 16.7. The van der Waals surface area contributed by atoms with Crippen LogP contribution in [0.5, 0.6) is 28.7 Å². The van der Waals surface area contributed by atoms with Crippen LogP contribution in [0, 0.1) is 27.3 Å². The predicted octanol–water partition coefficient (Wildman–Crippen LogP) is 10.1. The average Bonchev–Trinajstić information content (AvgIpc) is 4.08. The lowest BCUT2D eigenvalue weighted by molar-refractivity contribution is -0.384. The fourth-order valence-corrected chi connectivity index (χ4v) is 13.7. The molecule has 5 heterocycles. The summed E-state index contributed by atoms with van der Waals surface area (Å²) in [6.45, 7) is 12.1. The topological polar surface area (TPSA) is 214 Å². The molecule has 11 rings (SSSR count). The third-order valence-corrected chi connectivity index (χ3v) is 18.5. The van der Waals surface area contributed by atoms with Crippen LogP contribution < -0.4 is 33.9 Å². The number of hydrogen-bond donors (Lipinski definition) is 4. The number of rotatable bonds is 16. The summed E-state index contributed by atoms with van der Waals surface area (Å²) in [4.78, 5) is 39.8. The number of aliphatic hydroxyl groups is 1. The number of piperidine rings is 1. The molecule has 2 aliphatic carbocycles. The first-order chi connectivity index (χ1) is 37.9. The van der Waals surface area contributed by atoms with Crippen LogP contribution in [-0.4, -0.2) is 115 Å². The molecule has 18 nitrogen and oxygen atoms in total. The van der Waals surface area contributed by atoms with Gasteiger partial charge in [0.15, 0.2) is 11.5 Å². The fourth-order valence-electron chi connectivity index (χ4n) is 12.7. The van der Waals surface area contributed by atoms with Gasteiger partial charge >= 0.3 is 0 Å².